The largest absolute Gasteiger partial charge is 0.479 e. The van der Waals surface area contributed by atoms with E-state index in [9.17, 15) is 14.7 Å². The van der Waals surface area contributed by atoms with Crippen LogP contribution in [0.2, 0.25) is 0 Å². The van der Waals surface area contributed by atoms with Crippen LogP contribution in [0.4, 0.5) is 0 Å². The van der Waals surface area contributed by atoms with Crippen LogP contribution in [0.3, 0.4) is 0 Å². The molecule has 0 radical (unpaired) electrons. The molecule has 0 aliphatic rings. The predicted octanol–water partition coefficient (Wildman–Crippen LogP) is 0.712. The van der Waals surface area contributed by atoms with Crippen molar-refractivity contribution in [1.82, 2.24) is 10.6 Å². The molecule has 98 valence electrons. The number of carboxylic acid groups (broad SMARTS) is 1. The van der Waals surface area contributed by atoms with Gasteiger partial charge >= 0.3 is 5.97 Å². The van der Waals surface area contributed by atoms with E-state index in [1.165, 1.54) is 6.92 Å². The van der Waals surface area contributed by atoms with E-state index >= 15 is 0 Å². The normalized spacial score (nSPS) is 13.7. The number of rotatable bonds is 6. The smallest absolute Gasteiger partial charge is 0.333 e. The Kier molecular flexibility index (Phi) is 4.85. The van der Waals surface area contributed by atoms with Gasteiger partial charge in [-0.2, -0.15) is 0 Å². The molecule has 0 spiro atoms. The Morgan fingerprint density at radius 2 is 1.89 bits per heavy atom. The molecular weight excluding hydrogens is 232 g/mol. The van der Waals surface area contributed by atoms with Gasteiger partial charge in [0.05, 0.1) is 6.54 Å². The van der Waals surface area contributed by atoms with Crippen LogP contribution >= 0.6 is 0 Å². The Morgan fingerprint density at radius 3 is 2.39 bits per heavy atom. The zero-order valence-corrected chi connectivity index (χ0v) is 10.6. The van der Waals surface area contributed by atoms with Crippen molar-refractivity contribution in [3.05, 3.63) is 35.9 Å². The van der Waals surface area contributed by atoms with Crippen molar-refractivity contribution in [3.8, 4) is 0 Å². The topological polar surface area (TPSA) is 78.4 Å². The zero-order valence-electron chi connectivity index (χ0n) is 10.6. The molecule has 1 atom stereocenters. The van der Waals surface area contributed by atoms with Crippen molar-refractivity contribution in [1.29, 1.82) is 0 Å². The van der Waals surface area contributed by atoms with Crippen LogP contribution < -0.4 is 10.6 Å². The minimum atomic E-state index is -1.41. The summed E-state index contributed by atoms with van der Waals surface area (Å²) in [6.07, 6.45) is 0. The first-order valence-electron chi connectivity index (χ1n) is 5.81. The summed E-state index contributed by atoms with van der Waals surface area (Å²) >= 11 is 0. The van der Waals surface area contributed by atoms with Crippen LogP contribution in [0.5, 0.6) is 0 Å². The van der Waals surface area contributed by atoms with Gasteiger partial charge in [-0.3, -0.25) is 4.79 Å². The second-order valence-electron chi connectivity index (χ2n) is 4.12. The first-order valence-corrected chi connectivity index (χ1v) is 5.81. The summed E-state index contributed by atoms with van der Waals surface area (Å²) in [4.78, 5) is 23.1. The molecule has 0 aliphatic carbocycles. The Labute approximate surface area is 106 Å². The van der Waals surface area contributed by atoms with Gasteiger partial charge in [0.25, 0.3) is 0 Å². The number of aliphatic carboxylic acids is 1. The number of carboxylic acids is 1. The summed E-state index contributed by atoms with van der Waals surface area (Å²) < 4.78 is 0. The summed E-state index contributed by atoms with van der Waals surface area (Å²) in [5.74, 6) is -1.43. The van der Waals surface area contributed by atoms with Crippen molar-refractivity contribution in [2.24, 2.45) is 0 Å². The summed E-state index contributed by atoms with van der Waals surface area (Å²) in [6.45, 7) is 4.12. The molecule has 3 N–H and O–H groups in total. The van der Waals surface area contributed by atoms with E-state index in [2.05, 4.69) is 10.6 Å². The molecule has 0 saturated carbocycles. The number of hydrogen-bond acceptors (Lipinski definition) is 3. The Hall–Kier alpha value is -1.88. The Morgan fingerprint density at radius 1 is 1.28 bits per heavy atom. The lowest BCUT2D eigenvalue weighted by atomic mass is 9.92. The highest BCUT2D eigenvalue weighted by atomic mass is 16.4. The van der Waals surface area contributed by atoms with Gasteiger partial charge in [0.1, 0.15) is 0 Å². The van der Waals surface area contributed by atoms with E-state index in [0.29, 0.717) is 12.1 Å². The maximum atomic E-state index is 11.7. The number of likely N-dealkylation sites (N-methyl/N-ethyl adjacent to an activating group) is 1. The highest BCUT2D eigenvalue weighted by Gasteiger charge is 2.36. The average molecular weight is 250 g/mol. The molecule has 1 amide bonds. The molecule has 1 aromatic rings. The highest BCUT2D eigenvalue weighted by Crippen LogP contribution is 2.20. The molecular formula is C13H18N2O3. The molecule has 1 unspecified atom stereocenters. The lowest BCUT2D eigenvalue weighted by molar-refractivity contribution is -0.147. The average Bonchev–Trinajstić information content (AvgIpc) is 2.37. The SMILES string of the molecule is CCNCC(=O)NC(C)(C(=O)O)c1ccccc1. The molecule has 0 heterocycles. The van der Waals surface area contributed by atoms with Crippen LogP contribution in [0.1, 0.15) is 19.4 Å². The van der Waals surface area contributed by atoms with E-state index < -0.39 is 11.5 Å². The quantitative estimate of drug-likeness (QED) is 0.695. The van der Waals surface area contributed by atoms with Gasteiger partial charge in [0.15, 0.2) is 5.54 Å². The summed E-state index contributed by atoms with van der Waals surface area (Å²) in [5.41, 5.74) is -0.865. The van der Waals surface area contributed by atoms with Crippen LogP contribution in [0.25, 0.3) is 0 Å². The molecule has 0 fully saturated rings. The van der Waals surface area contributed by atoms with E-state index in [4.69, 9.17) is 0 Å². The second kappa shape index (κ2) is 6.16. The number of nitrogens with one attached hydrogen (secondary N) is 2. The first kappa shape index (κ1) is 14.2. The standard InChI is InChI=1S/C13H18N2O3/c1-3-14-9-11(16)15-13(2,12(17)18)10-7-5-4-6-8-10/h4-8,14H,3,9H2,1-2H3,(H,15,16)(H,17,18). The van der Waals surface area contributed by atoms with Crippen LogP contribution in [0, 0.1) is 0 Å². The lowest BCUT2D eigenvalue weighted by Gasteiger charge is -2.26. The molecule has 0 saturated heterocycles. The number of benzene rings is 1. The number of carbonyl (C=O) groups excluding carboxylic acids is 1. The highest BCUT2D eigenvalue weighted by molar-refractivity contribution is 5.88. The second-order valence-corrected chi connectivity index (χ2v) is 4.12. The van der Waals surface area contributed by atoms with E-state index in [1.807, 2.05) is 6.92 Å². The molecule has 18 heavy (non-hydrogen) atoms. The molecule has 1 aromatic carbocycles. The molecule has 5 heteroatoms. The number of amides is 1. The van der Waals surface area contributed by atoms with Crippen molar-refractivity contribution in [2.45, 2.75) is 19.4 Å². The van der Waals surface area contributed by atoms with Gasteiger partial charge in [0.2, 0.25) is 5.91 Å². The van der Waals surface area contributed by atoms with Crippen molar-refractivity contribution in [2.75, 3.05) is 13.1 Å². The minimum absolute atomic E-state index is 0.103. The van der Waals surface area contributed by atoms with Crippen molar-refractivity contribution < 1.29 is 14.7 Å². The third-order valence-electron chi connectivity index (χ3n) is 2.70. The maximum absolute atomic E-state index is 11.7. The monoisotopic (exact) mass is 250 g/mol. The molecule has 0 aliphatic heterocycles. The Bertz CT molecular complexity index is 420. The van der Waals surface area contributed by atoms with Crippen molar-refractivity contribution >= 4 is 11.9 Å². The Balaban J connectivity index is 2.89. The zero-order chi connectivity index (χ0) is 13.6. The summed E-state index contributed by atoms with van der Waals surface area (Å²) in [6, 6.07) is 8.65. The summed E-state index contributed by atoms with van der Waals surface area (Å²) in [7, 11) is 0. The fourth-order valence-corrected chi connectivity index (χ4v) is 1.58. The molecule has 0 bridgehead atoms. The van der Waals surface area contributed by atoms with Crippen LogP contribution in [-0.2, 0) is 15.1 Å². The van der Waals surface area contributed by atoms with Crippen molar-refractivity contribution in [3.63, 3.8) is 0 Å². The predicted molar refractivity (Wildman–Crippen MR) is 68.1 cm³/mol. The maximum Gasteiger partial charge on any atom is 0.333 e. The lowest BCUT2D eigenvalue weighted by Crippen LogP contribution is -2.51. The number of carbonyl (C=O) groups is 2. The van der Waals surface area contributed by atoms with Crippen LogP contribution in [-0.4, -0.2) is 30.1 Å². The molecule has 1 rings (SSSR count). The van der Waals surface area contributed by atoms with Gasteiger partial charge < -0.3 is 15.7 Å². The van der Waals surface area contributed by atoms with Gasteiger partial charge in [-0.05, 0) is 19.0 Å². The minimum Gasteiger partial charge on any atom is -0.479 e. The fourth-order valence-electron chi connectivity index (χ4n) is 1.58. The summed E-state index contributed by atoms with van der Waals surface area (Å²) in [5, 5.41) is 14.7. The van der Waals surface area contributed by atoms with Crippen LogP contribution in [0.15, 0.2) is 30.3 Å². The third kappa shape index (κ3) is 3.30. The van der Waals surface area contributed by atoms with Gasteiger partial charge in [-0.15, -0.1) is 0 Å². The number of hydrogen-bond donors (Lipinski definition) is 3. The van der Waals surface area contributed by atoms with E-state index in [1.54, 1.807) is 30.3 Å². The van der Waals surface area contributed by atoms with E-state index in [0.717, 1.165) is 0 Å². The van der Waals surface area contributed by atoms with E-state index in [-0.39, 0.29) is 12.5 Å². The fraction of sp³-hybridized carbons (Fsp3) is 0.385. The first-order chi connectivity index (χ1) is 8.50. The molecule has 5 nitrogen and oxygen atoms in total. The third-order valence-corrected chi connectivity index (χ3v) is 2.70. The van der Waals surface area contributed by atoms with Gasteiger partial charge in [-0.1, -0.05) is 37.3 Å². The molecule has 0 aromatic heterocycles. The van der Waals surface area contributed by atoms with Gasteiger partial charge in [0, 0.05) is 0 Å². The van der Waals surface area contributed by atoms with Gasteiger partial charge in [-0.25, -0.2) is 4.79 Å².